The van der Waals surface area contributed by atoms with E-state index in [0.717, 1.165) is 0 Å². The summed E-state index contributed by atoms with van der Waals surface area (Å²) in [5, 5.41) is 9.26. The van der Waals surface area contributed by atoms with Gasteiger partial charge in [0.15, 0.2) is 5.13 Å². The first-order valence-corrected chi connectivity index (χ1v) is 6.93. The lowest BCUT2D eigenvalue weighted by Gasteiger charge is -2.02. The van der Waals surface area contributed by atoms with Crippen LogP contribution in [0.5, 0.6) is 0 Å². The molecule has 16 heavy (non-hydrogen) atoms. The van der Waals surface area contributed by atoms with Crippen LogP contribution in [0.3, 0.4) is 0 Å². The number of nitrogens with zero attached hydrogens (tertiary/aromatic N) is 1. The number of hydrogen-bond acceptors (Lipinski definition) is 6. The third-order valence-corrected chi connectivity index (χ3v) is 3.12. The zero-order valence-electron chi connectivity index (χ0n) is 8.34. The van der Waals surface area contributed by atoms with Crippen molar-refractivity contribution in [2.45, 2.75) is 6.42 Å². The molecular weight excluding hydrogens is 252 g/mol. The van der Waals surface area contributed by atoms with E-state index in [1.54, 1.807) is 5.38 Å². The molecule has 1 aromatic heterocycles. The number of rotatable bonds is 5. The van der Waals surface area contributed by atoms with Crippen molar-refractivity contribution in [3.05, 3.63) is 11.1 Å². The number of nitrogen functional groups attached to an aromatic ring is 1. The van der Waals surface area contributed by atoms with Crippen LogP contribution in [0, 0.1) is 0 Å². The molecule has 0 saturated heterocycles. The van der Waals surface area contributed by atoms with Gasteiger partial charge in [0.25, 0.3) is 0 Å². The number of sulfonamides is 1. The topological polar surface area (TPSA) is 128 Å². The number of nitrogens with two attached hydrogens (primary N) is 2. The molecule has 1 heterocycles. The Labute approximate surface area is 96.9 Å². The molecular formula is C7H12N4O3S2. The highest BCUT2D eigenvalue weighted by molar-refractivity contribution is 7.89. The molecule has 0 spiro atoms. The SMILES string of the molecule is Nc1nc(CC(=O)NCCS(N)(=O)=O)cs1. The molecule has 0 bridgehead atoms. The van der Waals surface area contributed by atoms with Gasteiger partial charge in [-0.1, -0.05) is 0 Å². The second kappa shape index (κ2) is 5.23. The summed E-state index contributed by atoms with van der Waals surface area (Å²) in [6, 6.07) is 0. The third kappa shape index (κ3) is 5.05. The maximum atomic E-state index is 11.3. The largest absolute Gasteiger partial charge is 0.375 e. The van der Waals surface area contributed by atoms with Gasteiger partial charge in [-0.2, -0.15) is 0 Å². The number of hydrogen-bond donors (Lipinski definition) is 3. The maximum absolute atomic E-state index is 11.3. The Bertz CT molecular complexity index is 468. The van der Waals surface area contributed by atoms with E-state index in [0.29, 0.717) is 10.8 Å². The summed E-state index contributed by atoms with van der Waals surface area (Å²) < 4.78 is 21.1. The first-order valence-electron chi connectivity index (χ1n) is 4.34. The summed E-state index contributed by atoms with van der Waals surface area (Å²) in [6.07, 6.45) is 0.0817. The van der Waals surface area contributed by atoms with Gasteiger partial charge in [-0.05, 0) is 0 Å². The number of nitrogens with one attached hydrogen (secondary N) is 1. The molecule has 0 aliphatic heterocycles. The van der Waals surface area contributed by atoms with Crippen LogP contribution in [0.2, 0.25) is 0 Å². The second-order valence-corrected chi connectivity index (χ2v) is 5.69. The minimum Gasteiger partial charge on any atom is -0.375 e. The van der Waals surface area contributed by atoms with Crippen LogP contribution in [-0.4, -0.2) is 31.6 Å². The molecule has 0 aliphatic carbocycles. The predicted octanol–water partition coefficient (Wildman–Crippen LogP) is -1.33. The molecule has 1 amide bonds. The lowest BCUT2D eigenvalue weighted by Crippen LogP contribution is -2.32. The van der Waals surface area contributed by atoms with Crippen LogP contribution in [0.15, 0.2) is 5.38 Å². The van der Waals surface area contributed by atoms with Crippen LogP contribution in [0.1, 0.15) is 5.69 Å². The van der Waals surface area contributed by atoms with Crippen LogP contribution >= 0.6 is 11.3 Å². The van der Waals surface area contributed by atoms with Gasteiger partial charge >= 0.3 is 0 Å². The fourth-order valence-corrected chi connectivity index (χ4v) is 1.91. The Hall–Kier alpha value is -1.19. The van der Waals surface area contributed by atoms with E-state index in [9.17, 15) is 13.2 Å². The summed E-state index contributed by atoms with van der Waals surface area (Å²) in [5.74, 6) is -0.591. The Morgan fingerprint density at radius 3 is 2.75 bits per heavy atom. The molecule has 0 unspecified atom stereocenters. The number of primary sulfonamides is 1. The van der Waals surface area contributed by atoms with Crippen molar-refractivity contribution in [3.8, 4) is 0 Å². The molecule has 90 valence electrons. The lowest BCUT2D eigenvalue weighted by molar-refractivity contribution is -0.120. The maximum Gasteiger partial charge on any atom is 0.226 e. The van der Waals surface area contributed by atoms with Gasteiger partial charge in [-0.15, -0.1) is 11.3 Å². The molecule has 0 atom stereocenters. The summed E-state index contributed by atoms with van der Waals surface area (Å²) >= 11 is 1.25. The molecule has 5 N–H and O–H groups in total. The number of amides is 1. The van der Waals surface area contributed by atoms with Crippen molar-refractivity contribution in [3.63, 3.8) is 0 Å². The smallest absolute Gasteiger partial charge is 0.226 e. The van der Waals surface area contributed by atoms with Crippen molar-refractivity contribution in [1.82, 2.24) is 10.3 Å². The number of thiazole rings is 1. The average Bonchev–Trinajstić information content (AvgIpc) is 2.48. The minimum atomic E-state index is -3.54. The standard InChI is InChI=1S/C7H12N4O3S2/c8-7-11-5(4-15-7)3-6(12)10-1-2-16(9,13)14/h4H,1-3H2,(H2,8,11)(H,10,12)(H2,9,13,14). The number of carbonyl (C=O) groups is 1. The molecule has 0 aromatic carbocycles. The third-order valence-electron chi connectivity index (χ3n) is 1.62. The van der Waals surface area contributed by atoms with Gasteiger partial charge in [0.2, 0.25) is 15.9 Å². The van der Waals surface area contributed by atoms with Crippen LogP contribution < -0.4 is 16.2 Å². The fourth-order valence-electron chi connectivity index (χ4n) is 0.964. The summed E-state index contributed by atoms with van der Waals surface area (Å²) in [6.45, 7) is -0.00269. The minimum absolute atomic E-state index is 0.00269. The van der Waals surface area contributed by atoms with Crippen LogP contribution in [0.4, 0.5) is 5.13 Å². The number of carbonyl (C=O) groups excluding carboxylic acids is 1. The molecule has 1 rings (SSSR count). The van der Waals surface area contributed by atoms with Gasteiger partial charge in [-0.25, -0.2) is 18.5 Å². The van der Waals surface area contributed by atoms with Crippen molar-refractivity contribution in [1.29, 1.82) is 0 Å². The van der Waals surface area contributed by atoms with Gasteiger partial charge in [0.1, 0.15) is 0 Å². The van der Waals surface area contributed by atoms with Gasteiger partial charge in [-0.3, -0.25) is 4.79 Å². The van der Waals surface area contributed by atoms with Crippen molar-refractivity contribution in [2.75, 3.05) is 18.0 Å². The molecule has 0 saturated carbocycles. The van der Waals surface area contributed by atoms with Crippen molar-refractivity contribution in [2.24, 2.45) is 5.14 Å². The monoisotopic (exact) mass is 264 g/mol. The molecule has 0 aliphatic rings. The Morgan fingerprint density at radius 2 is 2.25 bits per heavy atom. The van der Waals surface area contributed by atoms with Crippen molar-refractivity contribution >= 4 is 32.4 Å². The highest BCUT2D eigenvalue weighted by Crippen LogP contribution is 2.10. The zero-order chi connectivity index (χ0) is 12.2. The normalized spacial score (nSPS) is 11.3. The predicted molar refractivity (Wildman–Crippen MR) is 61.2 cm³/mol. The van der Waals surface area contributed by atoms with E-state index in [-0.39, 0.29) is 24.6 Å². The Balaban J connectivity index is 2.32. The highest BCUT2D eigenvalue weighted by Gasteiger charge is 2.08. The fraction of sp³-hybridized carbons (Fsp3) is 0.429. The number of anilines is 1. The van der Waals surface area contributed by atoms with Crippen molar-refractivity contribution < 1.29 is 13.2 Å². The Morgan fingerprint density at radius 1 is 1.56 bits per heavy atom. The quantitative estimate of drug-likeness (QED) is 0.607. The average molecular weight is 264 g/mol. The molecule has 9 heteroatoms. The first-order chi connectivity index (χ1) is 7.37. The van der Waals surface area contributed by atoms with E-state index in [1.165, 1.54) is 11.3 Å². The van der Waals surface area contributed by atoms with E-state index in [4.69, 9.17) is 10.9 Å². The second-order valence-electron chi connectivity index (χ2n) is 3.07. The van der Waals surface area contributed by atoms with E-state index < -0.39 is 10.0 Å². The molecule has 7 nitrogen and oxygen atoms in total. The van der Waals surface area contributed by atoms with Gasteiger partial charge in [0, 0.05) is 11.9 Å². The van der Waals surface area contributed by atoms with Gasteiger partial charge in [0.05, 0.1) is 17.9 Å². The summed E-state index contributed by atoms with van der Waals surface area (Å²) in [4.78, 5) is 15.2. The lowest BCUT2D eigenvalue weighted by atomic mass is 10.3. The molecule has 1 aromatic rings. The summed E-state index contributed by atoms with van der Waals surface area (Å²) in [5.41, 5.74) is 5.96. The molecule has 0 radical (unpaired) electrons. The highest BCUT2D eigenvalue weighted by atomic mass is 32.2. The first kappa shape index (κ1) is 12.9. The van der Waals surface area contributed by atoms with Crippen LogP contribution in [-0.2, 0) is 21.2 Å². The van der Waals surface area contributed by atoms with E-state index in [2.05, 4.69) is 10.3 Å². The van der Waals surface area contributed by atoms with Crippen LogP contribution in [0.25, 0.3) is 0 Å². The number of aromatic nitrogens is 1. The van der Waals surface area contributed by atoms with Gasteiger partial charge < -0.3 is 11.1 Å². The van der Waals surface area contributed by atoms with E-state index in [1.807, 2.05) is 0 Å². The van der Waals surface area contributed by atoms with E-state index >= 15 is 0 Å². The summed E-state index contributed by atoms with van der Waals surface area (Å²) in [7, 11) is -3.54. The Kier molecular flexibility index (Phi) is 4.21. The molecule has 0 fully saturated rings. The zero-order valence-corrected chi connectivity index (χ0v) is 9.97.